The van der Waals surface area contributed by atoms with Gasteiger partial charge in [0.1, 0.15) is 5.60 Å². The van der Waals surface area contributed by atoms with E-state index in [1.807, 2.05) is 12.1 Å². The lowest BCUT2D eigenvalue weighted by Gasteiger charge is -2.26. The fourth-order valence-corrected chi connectivity index (χ4v) is 3.26. The van der Waals surface area contributed by atoms with Crippen molar-refractivity contribution in [2.24, 2.45) is 5.92 Å². The molecule has 6 heteroatoms. The summed E-state index contributed by atoms with van der Waals surface area (Å²) >= 11 is 5.94. The molecule has 2 aromatic rings. The Morgan fingerprint density at radius 3 is 2.04 bits per heavy atom. The number of esters is 1. The first-order valence-electron chi connectivity index (χ1n) is 9.08. The molecule has 1 atom stereocenters. The monoisotopic (exact) mass is 399 g/mol. The highest BCUT2D eigenvalue weighted by molar-refractivity contribution is 6.30. The Bertz CT molecular complexity index is 880. The summed E-state index contributed by atoms with van der Waals surface area (Å²) in [7, 11) is 0. The third-order valence-corrected chi connectivity index (χ3v) is 4.67. The van der Waals surface area contributed by atoms with Crippen LogP contribution >= 0.6 is 11.6 Å². The standard InChI is InChI=1S/C22H22ClNO4/c1-22(2,3)28-21(27)15(12-14-8-10-16(23)11-9-14)13-24-19(25)17-6-4-5-7-18(17)20(24)26/h4-11,15H,12-13H2,1-3H3. The van der Waals surface area contributed by atoms with Crippen molar-refractivity contribution < 1.29 is 19.1 Å². The van der Waals surface area contributed by atoms with Crippen LogP contribution in [0.5, 0.6) is 0 Å². The predicted molar refractivity (Wildman–Crippen MR) is 106 cm³/mol. The number of hydrogen-bond acceptors (Lipinski definition) is 4. The van der Waals surface area contributed by atoms with Crippen LogP contribution in [0.3, 0.4) is 0 Å². The van der Waals surface area contributed by atoms with Crippen molar-refractivity contribution in [2.45, 2.75) is 32.8 Å². The molecule has 146 valence electrons. The number of nitrogens with zero attached hydrogens (tertiary/aromatic N) is 1. The number of fused-ring (bicyclic) bond motifs is 1. The molecule has 1 unspecified atom stereocenters. The molecule has 0 N–H and O–H groups in total. The van der Waals surface area contributed by atoms with Gasteiger partial charge in [-0.25, -0.2) is 0 Å². The van der Waals surface area contributed by atoms with Gasteiger partial charge in [0.15, 0.2) is 0 Å². The van der Waals surface area contributed by atoms with Gasteiger partial charge in [-0.3, -0.25) is 19.3 Å². The Kier molecular flexibility index (Phi) is 5.57. The number of benzene rings is 2. The molecular weight excluding hydrogens is 378 g/mol. The lowest BCUT2D eigenvalue weighted by atomic mass is 9.98. The zero-order chi connectivity index (χ0) is 20.5. The second kappa shape index (κ2) is 7.76. The number of hydrogen-bond donors (Lipinski definition) is 0. The molecule has 1 aliphatic rings. The van der Waals surface area contributed by atoms with Crippen LogP contribution in [0, 0.1) is 5.92 Å². The molecule has 0 aromatic heterocycles. The Morgan fingerprint density at radius 2 is 1.54 bits per heavy atom. The average Bonchev–Trinajstić information content (AvgIpc) is 2.86. The van der Waals surface area contributed by atoms with Gasteiger partial charge in [-0.1, -0.05) is 35.9 Å². The summed E-state index contributed by atoms with van der Waals surface area (Å²) in [6, 6.07) is 13.8. The zero-order valence-corrected chi connectivity index (χ0v) is 16.8. The molecule has 5 nitrogen and oxygen atoms in total. The van der Waals surface area contributed by atoms with Crippen LogP contribution in [-0.4, -0.2) is 34.8 Å². The van der Waals surface area contributed by atoms with Crippen molar-refractivity contribution in [2.75, 3.05) is 6.54 Å². The van der Waals surface area contributed by atoms with Crippen LogP contribution in [-0.2, 0) is 16.0 Å². The van der Waals surface area contributed by atoms with Crippen molar-refractivity contribution in [1.82, 2.24) is 4.90 Å². The van der Waals surface area contributed by atoms with Crippen LogP contribution in [0.1, 0.15) is 47.1 Å². The van der Waals surface area contributed by atoms with E-state index in [-0.39, 0.29) is 18.4 Å². The molecule has 0 aliphatic carbocycles. The van der Waals surface area contributed by atoms with Gasteiger partial charge >= 0.3 is 5.97 Å². The van der Waals surface area contributed by atoms with E-state index in [9.17, 15) is 14.4 Å². The van der Waals surface area contributed by atoms with E-state index in [1.165, 1.54) is 0 Å². The van der Waals surface area contributed by atoms with E-state index in [1.54, 1.807) is 57.2 Å². The molecule has 0 bridgehead atoms. The van der Waals surface area contributed by atoms with Crippen LogP contribution in [0.25, 0.3) is 0 Å². The lowest BCUT2D eigenvalue weighted by molar-refractivity contribution is -0.160. The second-order valence-corrected chi connectivity index (χ2v) is 8.26. The number of halogens is 1. The molecule has 2 aromatic carbocycles. The summed E-state index contributed by atoms with van der Waals surface area (Å²) in [5.74, 6) is -1.89. The maximum atomic E-state index is 12.8. The Balaban J connectivity index is 1.85. The van der Waals surface area contributed by atoms with Gasteiger partial charge in [0, 0.05) is 11.6 Å². The SMILES string of the molecule is CC(C)(C)OC(=O)C(Cc1ccc(Cl)cc1)CN1C(=O)c2ccccc2C1=O. The van der Waals surface area contributed by atoms with Crippen molar-refractivity contribution in [3.05, 3.63) is 70.2 Å². The maximum Gasteiger partial charge on any atom is 0.311 e. The molecule has 3 rings (SSSR count). The van der Waals surface area contributed by atoms with E-state index < -0.39 is 17.5 Å². The highest BCUT2D eigenvalue weighted by Crippen LogP contribution is 2.25. The van der Waals surface area contributed by atoms with Gasteiger partial charge in [0.25, 0.3) is 11.8 Å². The minimum absolute atomic E-state index is 0.0378. The van der Waals surface area contributed by atoms with Crippen molar-refractivity contribution in [3.8, 4) is 0 Å². The van der Waals surface area contributed by atoms with Gasteiger partial charge in [0.05, 0.1) is 17.0 Å². The second-order valence-electron chi connectivity index (χ2n) is 7.83. The average molecular weight is 400 g/mol. The summed E-state index contributed by atoms with van der Waals surface area (Å²) in [5.41, 5.74) is 0.929. The molecule has 0 saturated carbocycles. The molecule has 0 spiro atoms. The van der Waals surface area contributed by atoms with Crippen molar-refractivity contribution in [1.29, 1.82) is 0 Å². The molecule has 0 fully saturated rings. The van der Waals surface area contributed by atoms with Crippen molar-refractivity contribution in [3.63, 3.8) is 0 Å². The van der Waals surface area contributed by atoms with Gasteiger partial charge in [0.2, 0.25) is 0 Å². The normalized spacial score (nSPS) is 14.8. The smallest absolute Gasteiger partial charge is 0.311 e. The van der Waals surface area contributed by atoms with Crippen LogP contribution in [0.2, 0.25) is 5.02 Å². The van der Waals surface area contributed by atoms with Gasteiger partial charge < -0.3 is 4.74 Å². The molecule has 1 heterocycles. The number of ether oxygens (including phenoxy) is 1. The quantitative estimate of drug-likeness (QED) is 0.560. The van der Waals surface area contributed by atoms with E-state index >= 15 is 0 Å². The molecule has 1 aliphatic heterocycles. The summed E-state index contributed by atoms with van der Waals surface area (Å²) in [6.07, 6.45) is 0.333. The summed E-state index contributed by atoms with van der Waals surface area (Å²) in [4.78, 5) is 39.3. The molecule has 2 amide bonds. The Hall–Kier alpha value is -2.66. The Labute approximate surface area is 169 Å². The first kappa shape index (κ1) is 20.1. The largest absolute Gasteiger partial charge is 0.460 e. The molecule has 0 saturated heterocycles. The maximum absolute atomic E-state index is 12.8. The van der Waals surface area contributed by atoms with Gasteiger partial charge in [-0.2, -0.15) is 0 Å². The fraction of sp³-hybridized carbons (Fsp3) is 0.318. The molecule has 0 radical (unpaired) electrons. The van der Waals surface area contributed by atoms with Crippen LogP contribution in [0.15, 0.2) is 48.5 Å². The highest BCUT2D eigenvalue weighted by Gasteiger charge is 2.38. The number of carbonyl (C=O) groups excluding carboxylic acids is 3. The van der Waals surface area contributed by atoms with Crippen LogP contribution < -0.4 is 0 Å². The Morgan fingerprint density at radius 1 is 1.00 bits per heavy atom. The topological polar surface area (TPSA) is 63.7 Å². The van der Waals surface area contributed by atoms with Gasteiger partial charge in [-0.05, 0) is 57.0 Å². The summed E-state index contributed by atoms with van der Waals surface area (Å²) in [5, 5.41) is 0.595. The van der Waals surface area contributed by atoms with Crippen molar-refractivity contribution >= 4 is 29.4 Å². The minimum atomic E-state index is -0.678. The van der Waals surface area contributed by atoms with E-state index in [2.05, 4.69) is 0 Å². The first-order chi connectivity index (χ1) is 13.2. The number of carbonyl (C=O) groups is 3. The molecule has 28 heavy (non-hydrogen) atoms. The number of rotatable bonds is 5. The van der Waals surface area contributed by atoms with E-state index in [0.29, 0.717) is 22.6 Å². The third-order valence-electron chi connectivity index (χ3n) is 4.42. The number of amides is 2. The van der Waals surface area contributed by atoms with E-state index in [0.717, 1.165) is 10.5 Å². The molecular formula is C22H22ClNO4. The first-order valence-corrected chi connectivity index (χ1v) is 9.46. The highest BCUT2D eigenvalue weighted by atomic mass is 35.5. The van der Waals surface area contributed by atoms with Gasteiger partial charge in [-0.15, -0.1) is 0 Å². The number of imide groups is 1. The zero-order valence-electron chi connectivity index (χ0n) is 16.1. The third kappa shape index (κ3) is 4.42. The van der Waals surface area contributed by atoms with E-state index in [4.69, 9.17) is 16.3 Å². The minimum Gasteiger partial charge on any atom is -0.460 e. The predicted octanol–water partition coefficient (Wildman–Crippen LogP) is 4.14. The summed E-state index contributed by atoms with van der Waals surface area (Å²) < 4.78 is 5.54. The van der Waals surface area contributed by atoms with Crippen LogP contribution in [0.4, 0.5) is 0 Å². The lowest BCUT2D eigenvalue weighted by Crippen LogP contribution is -2.40. The summed E-state index contributed by atoms with van der Waals surface area (Å²) in [6.45, 7) is 5.31. The fourth-order valence-electron chi connectivity index (χ4n) is 3.14.